The van der Waals surface area contributed by atoms with Crippen LogP contribution in [0.3, 0.4) is 0 Å². The van der Waals surface area contributed by atoms with Crippen molar-refractivity contribution >= 4 is 60.5 Å². The molecule has 4 aliphatic heterocycles. The predicted octanol–water partition coefficient (Wildman–Crippen LogP) is 1.57. The summed E-state index contributed by atoms with van der Waals surface area (Å²) in [6.07, 6.45) is 5.73. The molecule has 0 bridgehead atoms. The number of nitriles is 1. The Bertz CT molecular complexity index is 1920. The fourth-order valence-corrected chi connectivity index (χ4v) is 11.8. The highest BCUT2D eigenvalue weighted by Gasteiger charge is 2.40. The van der Waals surface area contributed by atoms with Gasteiger partial charge >= 0.3 is 5.97 Å². The number of hydrogen-bond donors (Lipinski definition) is 8. The number of ether oxygens (including phenoxy) is 1. The van der Waals surface area contributed by atoms with Gasteiger partial charge in [0.1, 0.15) is 6.10 Å². The molecule has 25 nitrogen and oxygen atoms in total. The van der Waals surface area contributed by atoms with Crippen molar-refractivity contribution in [2.45, 2.75) is 185 Å². The summed E-state index contributed by atoms with van der Waals surface area (Å²) in [5.41, 5.74) is 0. The molecule has 4 fully saturated rings. The number of nitrogens with zero attached hydrogens (tertiary/aromatic N) is 6. The number of aliphatic hydroxyl groups is 5. The fraction of sp³-hybridized carbons (Fsp3) is 0.873. The van der Waals surface area contributed by atoms with E-state index >= 15 is 0 Å². The highest BCUT2D eigenvalue weighted by atomic mass is 31.2. The summed E-state index contributed by atoms with van der Waals surface area (Å²) < 4.78 is 29.3. The number of carbonyl (C=O) groups excluding carboxylic acids is 6. The molecule has 0 radical (unpaired) electrons. The van der Waals surface area contributed by atoms with E-state index in [1.54, 1.807) is 16.8 Å². The zero-order valence-electron chi connectivity index (χ0n) is 52.3. The first-order chi connectivity index (χ1) is 39.1. The van der Waals surface area contributed by atoms with Crippen LogP contribution in [0.25, 0.3) is 0 Å². The summed E-state index contributed by atoms with van der Waals surface area (Å²) in [5, 5.41) is 61.3. The Balaban J connectivity index is 0.000000609. The lowest BCUT2D eigenvalue weighted by molar-refractivity contribution is -0.150. The Labute approximate surface area is 498 Å². The lowest BCUT2D eigenvalue weighted by atomic mass is 10.1. The van der Waals surface area contributed by atoms with Crippen molar-refractivity contribution in [2.24, 2.45) is 0 Å². The number of carbonyl (C=O) groups is 6. The van der Waals surface area contributed by atoms with Gasteiger partial charge < -0.3 is 73.9 Å². The maximum absolute atomic E-state index is 12.9. The van der Waals surface area contributed by atoms with Crippen LogP contribution in [0.1, 0.15) is 97.3 Å². The Morgan fingerprint density at radius 3 is 1.64 bits per heavy atom. The molecule has 83 heavy (non-hydrogen) atoms. The first kappa shape index (κ1) is 77.7. The summed E-state index contributed by atoms with van der Waals surface area (Å²) in [4.78, 5) is 80.6. The smallest absolute Gasteiger partial charge is 0.306 e. The van der Waals surface area contributed by atoms with Gasteiger partial charge in [0.25, 0.3) is 0 Å². The lowest BCUT2D eigenvalue weighted by Gasteiger charge is -2.38. The number of likely N-dealkylation sites (N-methyl/N-ethyl adjacent to an activating group) is 2. The molecule has 4 saturated heterocycles. The maximum atomic E-state index is 12.9. The highest BCUT2D eigenvalue weighted by molar-refractivity contribution is 7.46. The Morgan fingerprint density at radius 1 is 0.675 bits per heavy atom. The van der Waals surface area contributed by atoms with Crippen LogP contribution in [-0.4, -0.2) is 277 Å². The van der Waals surface area contributed by atoms with Crippen molar-refractivity contribution in [3.63, 3.8) is 0 Å². The molecular weight excluding hydrogens is 1130 g/mol. The number of likely N-dealkylation sites (tertiary alicyclic amines) is 3. The van der Waals surface area contributed by atoms with Crippen LogP contribution < -0.4 is 16.0 Å². The van der Waals surface area contributed by atoms with Crippen molar-refractivity contribution in [3.8, 4) is 6.07 Å². The molecule has 4 aliphatic rings. The predicted molar refractivity (Wildman–Crippen MR) is 323 cm³/mol. The van der Waals surface area contributed by atoms with Crippen molar-refractivity contribution in [1.82, 2.24) is 40.4 Å². The lowest BCUT2D eigenvalue weighted by Crippen LogP contribution is -2.53. The first-order valence-corrected chi connectivity index (χ1v) is 38.0. The zero-order valence-corrected chi connectivity index (χ0v) is 55.2. The van der Waals surface area contributed by atoms with Crippen LogP contribution in [0.2, 0.25) is 39.3 Å². The van der Waals surface area contributed by atoms with Crippen LogP contribution >= 0.6 is 8.38 Å². The topological polar surface area (TPSA) is 326 Å². The van der Waals surface area contributed by atoms with E-state index in [1.165, 1.54) is 20.9 Å². The molecule has 0 aromatic rings. The molecule has 0 saturated carbocycles. The van der Waals surface area contributed by atoms with Gasteiger partial charge in [-0.25, -0.2) is 0 Å². The van der Waals surface area contributed by atoms with Gasteiger partial charge in [0.15, 0.2) is 25.0 Å². The fourth-order valence-electron chi connectivity index (χ4n) is 9.40. The van der Waals surface area contributed by atoms with Crippen LogP contribution in [0, 0.1) is 11.3 Å². The standard InChI is InChI=1S/C21H39N3O6Si.C20H38N3O5PSi.C8H18N2O2.C6H13NO3/c1-16(25)23-12-8-6-7-9-20(27)24-14-18(13-17(24)15-29-31(3,4)5)30-21(28)11-10-19(26)22-2;1-17(24)22-12-8-6-7-10-20(25)23-15-19(28-29(2)26-13-9-11-21)14-18(23)16-27-30(3,4)5;1-9-2-3-10(4-5-11)6-8(9)7-12;1-7-2-5(9)6(10)4(7)3-8/h17-18H,6-15H2,1-5H3,(H,22,26)(H,23,25);18-19H,6-10,12-16H2,1-5H3,(H,22,24);8,11-12H,2-7H2,1H3;4-6,8-10H,2-3H2,1H3/t17-,18+;18-,19+,29?;8-;4-,5+,6-/m0011/s1. The van der Waals surface area contributed by atoms with Gasteiger partial charge in [-0.1, -0.05) is 12.8 Å². The molecule has 4 rings (SSSR count). The Kier molecular flexibility index (Phi) is 39.8. The largest absolute Gasteiger partial charge is 0.460 e. The molecule has 0 aromatic carbocycles. The third-order valence-corrected chi connectivity index (χ3v) is 17.3. The number of β-amino-alcohol motifs (C(OH)–C–C–N with tert-alkyl or cyclic N) is 2. The average Bonchev–Trinajstić information content (AvgIpc) is 4.32. The highest BCUT2D eigenvalue weighted by Crippen LogP contribution is 2.39. The van der Waals surface area contributed by atoms with Gasteiger partial charge in [0.2, 0.25) is 29.5 Å². The number of hydrogen-bond acceptors (Lipinski definition) is 20. The zero-order chi connectivity index (χ0) is 62.7. The summed E-state index contributed by atoms with van der Waals surface area (Å²) in [5.74, 6) is -0.532. The molecule has 0 aromatic heterocycles. The molecule has 0 spiro atoms. The quantitative estimate of drug-likeness (QED) is 0.0211. The van der Waals surface area contributed by atoms with E-state index < -0.39 is 43.2 Å². The summed E-state index contributed by atoms with van der Waals surface area (Å²) in [7, 11) is 0.816. The normalized spacial score (nSPS) is 23.3. The van der Waals surface area contributed by atoms with Gasteiger partial charge in [-0.3, -0.25) is 43.5 Å². The van der Waals surface area contributed by atoms with E-state index in [0.29, 0.717) is 78.2 Å². The SMILES string of the molecule is CC(=O)NCCCCCC(=O)N1C[C@H](OP(C)OCCC#N)C[C@H]1CO[Si](C)(C)C.CN1CCN(CCO)C[C@@H]1CO.CN1C[C@H](O)[C@H](O)[C@H]1CO.CNC(=O)CCC(=O)O[C@@H]1C[C@@H](CO[Si](C)(C)C)N(C(=O)CCCCCNC(C)=O)C1. The van der Waals surface area contributed by atoms with Crippen LogP contribution in [0.5, 0.6) is 0 Å². The van der Waals surface area contributed by atoms with Crippen molar-refractivity contribution in [3.05, 3.63) is 0 Å². The number of amides is 5. The molecule has 1 unspecified atom stereocenters. The van der Waals surface area contributed by atoms with E-state index in [1.807, 2.05) is 18.6 Å². The van der Waals surface area contributed by atoms with E-state index in [0.717, 1.165) is 71.1 Å². The van der Waals surface area contributed by atoms with Crippen molar-refractivity contribution in [1.29, 1.82) is 5.26 Å². The number of piperazine rings is 1. The first-order valence-electron chi connectivity index (χ1n) is 29.6. The Hall–Kier alpha value is -3.31. The van der Waals surface area contributed by atoms with Crippen LogP contribution in [-0.2, 0) is 51.4 Å². The molecule has 8 N–H and O–H groups in total. The minimum absolute atomic E-state index is 0.0214. The summed E-state index contributed by atoms with van der Waals surface area (Å²) >= 11 is 0. The number of esters is 1. The third kappa shape index (κ3) is 35.2. The average molecular weight is 1240 g/mol. The van der Waals surface area contributed by atoms with Gasteiger partial charge in [-0.05, 0) is 85.5 Å². The monoisotopic (exact) mass is 1240 g/mol. The minimum Gasteiger partial charge on any atom is -0.460 e. The molecule has 5 amide bonds. The van der Waals surface area contributed by atoms with Gasteiger partial charge in [0, 0.05) is 112 Å². The maximum Gasteiger partial charge on any atom is 0.306 e. The van der Waals surface area contributed by atoms with E-state index in [-0.39, 0.29) is 98.6 Å². The van der Waals surface area contributed by atoms with Gasteiger partial charge in [-0.15, -0.1) is 0 Å². The molecule has 4 heterocycles. The van der Waals surface area contributed by atoms with E-state index in [9.17, 15) is 33.9 Å². The number of unbranched alkanes of at least 4 members (excludes halogenated alkanes) is 4. The van der Waals surface area contributed by atoms with Crippen LogP contribution in [0.4, 0.5) is 0 Å². The third-order valence-electron chi connectivity index (χ3n) is 14.1. The molecule has 482 valence electrons. The molecule has 0 aliphatic carbocycles. The van der Waals surface area contributed by atoms with E-state index in [2.05, 4.69) is 71.1 Å². The molecule has 9 atom stereocenters. The second kappa shape index (κ2) is 42.5. The molecular formula is C55H108N9O16PSi2. The number of rotatable bonds is 31. The Morgan fingerprint density at radius 2 is 1.20 bits per heavy atom. The van der Waals surface area contributed by atoms with Gasteiger partial charge in [0.05, 0.1) is 102 Å². The summed E-state index contributed by atoms with van der Waals surface area (Å²) in [6.45, 7) is 25.5. The molecule has 28 heteroatoms. The summed E-state index contributed by atoms with van der Waals surface area (Å²) in [6, 6.07) is 1.91. The van der Waals surface area contributed by atoms with Crippen LogP contribution in [0.15, 0.2) is 0 Å². The van der Waals surface area contributed by atoms with Crippen molar-refractivity contribution < 1.29 is 76.9 Å². The second-order valence-corrected chi connectivity index (χ2v) is 34.0. The number of nitrogens with one attached hydrogen (secondary N) is 3. The minimum atomic E-state index is -1.75. The second-order valence-electron chi connectivity index (χ2n) is 23.6. The van der Waals surface area contributed by atoms with Crippen molar-refractivity contribution in [2.75, 3.05) is 126 Å². The van der Waals surface area contributed by atoms with E-state index in [4.69, 9.17) is 48.3 Å². The van der Waals surface area contributed by atoms with Gasteiger partial charge in [-0.2, -0.15) is 5.26 Å². The number of aliphatic hydroxyl groups excluding tert-OH is 5.